The van der Waals surface area contributed by atoms with Crippen molar-refractivity contribution in [1.29, 1.82) is 0 Å². The molecule has 1 aromatic carbocycles. The van der Waals surface area contributed by atoms with E-state index in [0.29, 0.717) is 0 Å². The van der Waals surface area contributed by atoms with Gasteiger partial charge >= 0.3 is 0 Å². The summed E-state index contributed by atoms with van der Waals surface area (Å²) in [5, 5.41) is 1.65. The van der Waals surface area contributed by atoms with Crippen molar-refractivity contribution in [3.63, 3.8) is 0 Å². The van der Waals surface area contributed by atoms with Crippen molar-refractivity contribution in [2.75, 3.05) is 18.8 Å². The van der Waals surface area contributed by atoms with Crippen molar-refractivity contribution in [3.05, 3.63) is 34.9 Å². The van der Waals surface area contributed by atoms with Gasteiger partial charge in [-0.15, -0.1) is 0 Å². The number of benzene rings is 1. The summed E-state index contributed by atoms with van der Waals surface area (Å²) in [6, 6.07) is 8.22. The monoisotopic (exact) mass is 244 g/mol. The molecule has 2 heteroatoms. The Balaban J connectivity index is 2.47. The standard InChI is InChI=1S/C13H21ClS/c1-11(15(2,3)4)5-6-12-7-9-13(14)10-8-12/h7-11H,5-6H2,1-4H3. The highest BCUT2D eigenvalue weighted by atomic mass is 35.5. The minimum absolute atomic E-state index is 0.407. The fourth-order valence-electron chi connectivity index (χ4n) is 1.37. The maximum absolute atomic E-state index is 5.85. The molecule has 0 bridgehead atoms. The molecule has 1 atom stereocenters. The van der Waals surface area contributed by atoms with Crippen LogP contribution in [0, 0.1) is 0 Å². The number of halogens is 1. The highest BCUT2D eigenvalue weighted by Gasteiger charge is 2.14. The molecule has 1 aromatic rings. The first kappa shape index (κ1) is 12.9. The van der Waals surface area contributed by atoms with Crippen molar-refractivity contribution in [2.45, 2.75) is 25.0 Å². The van der Waals surface area contributed by atoms with E-state index in [1.807, 2.05) is 12.1 Å². The van der Waals surface area contributed by atoms with E-state index in [1.54, 1.807) is 0 Å². The van der Waals surface area contributed by atoms with Crippen molar-refractivity contribution in [2.24, 2.45) is 0 Å². The van der Waals surface area contributed by atoms with Crippen LogP contribution in [0.4, 0.5) is 0 Å². The summed E-state index contributed by atoms with van der Waals surface area (Å²) < 4.78 is 0. The lowest BCUT2D eigenvalue weighted by molar-refractivity contribution is 0.805. The zero-order valence-corrected chi connectivity index (χ0v) is 11.7. The normalized spacial score (nSPS) is 15.0. The van der Waals surface area contributed by atoms with E-state index in [0.717, 1.165) is 10.3 Å². The van der Waals surface area contributed by atoms with Gasteiger partial charge in [0.1, 0.15) is 0 Å². The molecule has 0 fully saturated rings. The van der Waals surface area contributed by atoms with Crippen LogP contribution in [0.1, 0.15) is 18.9 Å². The maximum Gasteiger partial charge on any atom is 0.0406 e. The Morgan fingerprint density at radius 1 is 1.13 bits per heavy atom. The number of aryl methyl sites for hydroxylation is 1. The van der Waals surface area contributed by atoms with Gasteiger partial charge in [0.15, 0.2) is 0 Å². The summed E-state index contributed by atoms with van der Waals surface area (Å²) in [7, 11) is -0.407. The lowest BCUT2D eigenvalue weighted by Crippen LogP contribution is -2.12. The average Bonchev–Trinajstić information content (AvgIpc) is 2.15. The van der Waals surface area contributed by atoms with Gasteiger partial charge in [0.05, 0.1) is 0 Å². The van der Waals surface area contributed by atoms with Crippen LogP contribution in [0.25, 0.3) is 0 Å². The quantitative estimate of drug-likeness (QED) is 0.739. The second-order valence-corrected chi connectivity index (χ2v) is 10.0. The van der Waals surface area contributed by atoms with Gasteiger partial charge in [-0.05, 0) is 54.6 Å². The van der Waals surface area contributed by atoms with Crippen LogP contribution in [0.3, 0.4) is 0 Å². The molecule has 0 radical (unpaired) electrons. The van der Waals surface area contributed by atoms with Gasteiger partial charge in [0.25, 0.3) is 0 Å². The summed E-state index contributed by atoms with van der Waals surface area (Å²) in [5.41, 5.74) is 1.40. The van der Waals surface area contributed by atoms with Crippen molar-refractivity contribution < 1.29 is 0 Å². The van der Waals surface area contributed by atoms with E-state index in [9.17, 15) is 0 Å². The predicted octanol–water partition coefficient (Wildman–Crippen LogP) is 4.36. The van der Waals surface area contributed by atoms with E-state index in [-0.39, 0.29) is 0 Å². The molecule has 1 unspecified atom stereocenters. The Morgan fingerprint density at radius 3 is 2.13 bits per heavy atom. The van der Waals surface area contributed by atoms with Crippen LogP contribution >= 0.6 is 21.6 Å². The molecule has 0 saturated heterocycles. The summed E-state index contributed by atoms with van der Waals surface area (Å²) in [6.07, 6.45) is 9.61. The average molecular weight is 245 g/mol. The largest absolute Gasteiger partial charge is 0.247 e. The molecule has 0 nitrogen and oxygen atoms in total. The minimum Gasteiger partial charge on any atom is -0.247 e. The molecule has 1 rings (SSSR count). The lowest BCUT2D eigenvalue weighted by Gasteiger charge is -2.33. The van der Waals surface area contributed by atoms with Gasteiger partial charge in [-0.1, -0.05) is 30.7 Å². The van der Waals surface area contributed by atoms with E-state index in [4.69, 9.17) is 11.6 Å². The molecular formula is C13H21ClS. The zero-order chi connectivity index (χ0) is 11.5. The van der Waals surface area contributed by atoms with Crippen LogP contribution in [-0.4, -0.2) is 24.0 Å². The first-order valence-corrected chi connectivity index (χ1v) is 8.61. The zero-order valence-electron chi connectivity index (χ0n) is 10.1. The third-order valence-electron chi connectivity index (χ3n) is 2.96. The Morgan fingerprint density at radius 2 is 1.67 bits per heavy atom. The van der Waals surface area contributed by atoms with Gasteiger partial charge in [0, 0.05) is 5.02 Å². The fourth-order valence-corrected chi connectivity index (χ4v) is 2.33. The second-order valence-electron chi connectivity index (χ2n) is 4.91. The van der Waals surface area contributed by atoms with E-state index in [1.165, 1.54) is 18.4 Å². The summed E-state index contributed by atoms with van der Waals surface area (Å²) >= 11 is 5.85. The molecule has 0 spiro atoms. The first-order chi connectivity index (χ1) is 6.89. The van der Waals surface area contributed by atoms with Gasteiger partial charge in [-0.25, -0.2) is 10.0 Å². The molecule has 0 amide bonds. The van der Waals surface area contributed by atoms with Crippen LogP contribution < -0.4 is 0 Å². The summed E-state index contributed by atoms with van der Waals surface area (Å²) in [6.45, 7) is 2.37. The number of hydrogen-bond acceptors (Lipinski definition) is 0. The number of hydrogen-bond donors (Lipinski definition) is 0. The molecule has 0 aliphatic rings. The lowest BCUT2D eigenvalue weighted by atomic mass is 10.1. The molecule has 0 aliphatic carbocycles. The molecule has 15 heavy (non-hydrogen) atoms. The molecular weight excluding hydrogens is 224 g/mol. The summed E-state index contributed by atoms with van der Waals surface area (Å²) in [5.74, 6) is 0. The maximum atomic E-state index is 5.85. The Labute approximate surface area is 100 Å². The molecule has 0 aromatic heterocycles. The van der Waals surface area contributed by atoms with E-state index >= 15 is 0 Å². The van der Waals surface area contributed by atoms with Crippen LogP contribution in [0.2, 0.25) is 5.02 Å². The Hall–Kier alpha value is -0.140. The van der Waals surface area contributed by atoms with Crippen molar-refractivity contribution in [1.82, 2.24) is 0 Å². The highest BCUT2D eigenvalue weighted by Crippen LogP contribution is 2.42. The van der Waals surface area contributed by atoms with Crippen molar-refractivity contribution in [3.8, 4) is 0 Å². The fraction of sp³-hybridized carbons (Fsp3) is 0.538. The molecule has 0 heterocycles. The van der Waals surface area contributed by atoms with Crippen LogP contribution in [-0.2, 0) is 6.42 Å². The first-order valence-electron chi connectivity index (χ1n) is 5.31. The van der Waals surface area contributed by atoms with E-state index in [2.05, 4.69) is 37.8 Å². The van der Waals surface area contributed by atoms with Gasteiger partial charge < -0.3 is 0 Å². The minimum atomic E-state index is -0.407. The third-order valence-corrected chi connectivity index (χ3v) is 5.86. The molecule has 0 N–H and O–H groups in total. The Kier molecular flexibility index (Phi) is 4.54. The summed E-state index contributed by atoms with van der Waals surface area (Å²) in [4.78, 5) is 0. The predicted molar refractivity (Wildman–Crippen MR) is 74.6 cm³/mol. The topological polar surface area (TPSA) is 0 Å². The van der Waals surface area contributed by atoms with E-state index < -0.39 is 10.0 Å². The third kappa shape index (κ3) is 4.48. The van der Waals surface area contributed by atoms with Crippen LogP contribution in [0.5, 0.6) is 0 Å². The molecule has 0 saturated carbocycles. The SMILES string of the molecule is CC(CCc1ccc(Cl)cc1)S(C)(C)C. The Bertz CT molecular complexity index is 297. The second kappa shape index (κ2) is 5.27. The smallest absolute Gasteiger partial charge is 0.0406 e. The van der Waals surface area contributed by atoms with Crippen molar-refractivity contribution >= 4 is 21.6 Å². The van der Waals surface area contributed by atoms with Crippen LogP contribution in [0.15, 0.2) is 24.3 Å². The van der Waals surface area contributed by atoms with Gasteiger partial charge in [-0.2, -0.15) is 0 Å². The van der Waals surface area contributed by atoms with Gasteiger partial charge in [-0.3, -0.25) is 0 Å². The molecule has 86 valence electrons. The van der Waals surface area contributed by atoms with Gasteiger partial charge in [0.2, 0.25) is 0 Å². The highest BCUT2D eigenvalue weighted by molar-refractivity contribution is 8.32. The molecule has 0 aliphatic heterocycles. The number of rotatable bonds is 4.